The van der Waals surface area contributed by atoms with E-state index in [-0.39, 0.29) is 17.8 Å². The largest absolute Gasteiger partial charge is 0.489 e. The Kier molecular flexibility index (Phi) is 8.07. The molecule has 40 heavy (non-hydrogen) atoms. The number of nitrogens with zero attached hydrogens (tertiary/aromatic N) is 4. The number of rotatable bonds is 8. The van der Waals surface area contributed by atoms with Gasteiger partial charge in [0.25, 0.3) is 5.91 Å². The van der Waals surface area contributed by atoms with Gasteiger partial charge in [-0.05, 0) is 60.6 Å². The summed E-state index contributed by atoms with van der Waals surface area (Å²) in [7, 11) is 3.46. The van der Waals surface area contributed by atoms with Crippen molar-refractivity contribution < 1.29 is 19.1 Å². The van der Waals surface area contributed by atoms with Gasteiger partial charge in [-0.15, -0.1) is 0 Å². The zero-order valence-electron chi connectivity index (χ0n) is 22.6. The van der Waals surface area contributed by atoms with Gasteiger partial charge in [0.15, 0.2) is 0 Å². The first kappa shape index (κ1) is 26.9. The average molecular weight is 541 g/mol. The maximum absolute atomic E-state index is 13.0. The lowest BCUT2D eigenvalue weighted by Gasteiger charge is -2.33. The maximum atomic E-state index is 13.0. The molecular formula is C30H32N6O4. The van der Waals surface area contributed by atoms with Crippen molar-refractivity contribution in [1.29, 1.82) is 0 Å². The second-order valence-electron chi connectivity index (χ2n) is 9.73. The number of esters is 1. The SMILES string of the molecule is COC(=O)c1ccc(COc2cccc(CNC(=O)c3ccc4c(N5CCN(C)CC5)nc(N)nc4c3)c2)cc1. The highest BCUT2D eigenvalue weighted by atomic mass is 16.5. The van der Waals surface area contributed by atoms with E-state index in [1.807, 2.05) is 42.5 Å². The minimum atomic E-state index is -0.376. The number of anilines is 2. The number of benzene rings is 3. The Morgan fingerprint density at radius 2 is 1.68 bits per heavy atom. The summed E-state index contributed by atoms with van der Waals surface area (Å²) in [6.45, 7) is 4.28. The van der Waals surface area contributed by atoms with Gasteiger partial charge in [0, 0.05) is 43.7 Å². The molecular weight excluding hydrogens is 508 g/mol. The van der Waals surface area contributed by atoms with Crippen LogP contribution in [0.2, 0.25) is 0 Å². The molecule has 1 aromatic heterocycles. The number of aromatic nitrogens is 2. The number of nitrogen functional groups attached to an aromatic ring is 1. The summed E-state index contributed by atoms with van der Waals surface area (Å²) in [5.74, 6) is 1.09. The summed E-state index contributed by atoms with van der Waals surface area (Å²) in [5, 5.41) is 3.85. The summed E-state index contributed by atoms with van der Waals surface area (Å²) >= 11 is 0. The van der Waals surface area contributed by atoms with E-state index in [1.54, 1.807) is 24.3 Å². The van der Waals surface area contributed by atoms with Crippen LogP contribution in [0.5, 0.6) is 5.75 Å². The first-order valence-corrected chi connectivity index (χ1v) is 13.1. The van der Waals surface area contributed by atoms with Crippen molar-refractivity contribution in [3.63, 3.8) is 0 Å². The van der Waals surface area contributed by atoms with Crippen molar-refractivity contribution in [2.45, 2.75) is 13.2 Å². The van der Waals surface area contributed by atoms with Crippen LogP contribution in [-0.2, 0) is 17.9 Å². The van der Waals surface area contributed by atoms with Gasteiger partial charge in [0.05, 0.1) is 18.2 Å². The summed E-state index contributed by atoms with van der Waals surface area (Å²) in [6.07, 6.45) is 0. The van der Waals surface area contributed by atoms with Crippen LogP contribution in [0.1, 0.15) is 31.8 Å². The number of piperazine rings is 1. The van der Waals surface area contributed by atoms with Crippen molar-refractivity contribution in [1.82, 2.24) is 20.2 Å². The third-order valence-corrected chi connectivity index (χ3v) is 6.89. The van der Waals surface area contributed by atoms with Crippen LogP contribution in [0.15, 0.2) is 66.7 Å². The van der Waals surface area contributed by atoms with Crippen LogP contribution in [0.4, 0.5) is 11.8 Å². The Balaban J connectivity index is 1.21. The van der Waals surface area contributed by atoms with Crippen LogP contribution in [0.25, 0.3) is 10.9 Å². The zero-order valence-corrected chi connectivity index (χ0v) is 22.6. The molecule has 0 radical (unpaired) electrons. The van der Waals surface area contributed by atoms with E-state index >= 15 is 0 Å². The fourth-order valence-corrected chi connectivity index (χ4v) is 4.58. The fraction of sp³-hybridized carbons (Fsp3) is 0.267. The molecule has 0 atom stereocenters. The molecule has 0 saturated carbocycles. The lowest BCUT2D eigenvalue weighted by molar-refractivity contribution is 0.0600. The highest BCUT2D eigenvalue weighted by molar-refractivity contribution is 6.00. The Morgan fingerprint density at radius 1 is 0.925 bits per heavy atom. The van der Waals surface area contributed by atoms with E-state index in [0.29, 0.717) is 35.5 Å². The van der Waals surface area contributed by atoms with Crippen molar-refractivity contribution in [3.8, 4) is 5.75 Å². The van der Waals surface area contributed by atoms with Crippen molar-refractivity contribution in [2.75, 3.05) is 51.0 Å². The Hall–Kier alpha value is -4.70. The standard InChI is InChI=1S/C30H32N6O4/c1-35-12-14-36(15-13-35)27-25-11-10-23(17-26(25)33-30(31)34-27)28(37)32-18-21-4-3-5-24(16-21)40-19-20-6-8-22(9-7-20)29(38)39-2/h3-11,16-17H,12-15,18-19H2,1-2H3,(H,32,37)(H2,31,33,34). The Morgan fingerprint density at radius 3 is 2.42 bits per heavy atom. The summed E-state index contributed by atoms with van der Waals surface area (Å²) < 4.78 is 10.6. The average Bonchev–Trinajstić information content (AvgIpc) is 2.98. The molecule has 1 fully saturated rings. The monoisotopic (exact) mass is 540 g/mol. The number of likely N-dealkylation sites (N-methyl/N-ethyl adjacent to an activating group) is 1. The van der Waals surface area contributed by atoms with Gasteiger partial charge >= 0.3 is 5.97 Å². The molecule has 1 aliphatic rings. The lowest BCUT2D eigenvalue weighted by Crippen LogP contribution is -2.45. The van der Waals surface area contributed by atoms with E-state index in [0.717, 1.165) is 48.5 Å². The number of hydrogen-bond acceptors (Lipinski definition) is 9. The van der Waals surface area contributed by atoms with Crippen LogP contribution < -0.4 is 20.7 Å². The van der Waals surface area contributed by atoms with Crippen LogP contribution in [0.3, 0.4) is 0 Å². The zero-order chi connectivity index (χ0) is 28.1. The van der Waals surface area contributed by atoms with E-state index in [4.69, 9.17) is 15.2 Å². The molecule has 3 aromatic carbocycles. The van der Waals surface area contributed by atoms with Gasteiger partial charge < -0.3 is 30.3 Å². The van der Waals surface area contributed by atoms with Crippen LogP contribution >= 0.6 is 0 Å². The number of methoxy groups -OCH3 is 1. The minimum absolute atomic E-state index is 0.190. The molecule has 2 heterocycles. The van der Waals surface area contributed by atoms with Gasteiger partial charge in [-0.2, -0.15) is 4.98 Å². The molecule has 0 unspecified atom stereocenters. The predicted octanol–water partition coefficient (Wildman–Crippen LogP) is 3.26. The van der Waals surface area contributed by atoms with Gasteiger partial charge in [-0.25, -0.2) is 9.78 Å². The summed E-state index contributed by atoms with van der Waals surface area (Å²) in [6, 6.07) is 20.1. The van der Waals surface area contributed by atoms with Gasteiger partial charge in [0.1, 0.15) is 18.2 Å². The van der Waals surface area contributed by atoms with Crippen LogP contribution in [-0.4, -0.2) is 67.1 Å². The first-order chi connectivity index (χ1) is 19.4. The Labute approximate surface area is 232 Å². The normalized spacial score (nSPS) is 13.7. The smallest absolute Gasteiger partial charge is 0.337 e. The van der Waals surface area contributed by atoms with Crippen LogP contribution in [0, 0.1) is 0 Å². The molecule has 1 amide bonds. The van der Waals surface area contributed by atoms with Crippen molar-refractivity contribution in [3.05, 3.63) is 89.0 Å². The van der Waals surface area contributed by atoms with E-state index in [9.17, 15) is 9.59 Å². The minimum Gasteiger partial charge on any atom is -0.489 e. The van der Waals surface area contributed by atoms with Gasteiger partial charge in [-0.3, -0.25) is 4.79 Å². The molecule has 1 aliphatic heterocycles. The number of fused-ring (bicyclic) bond motifs is 1. The number of ether oxygens (including phenoxy) is 2. The number of nitrogens with one attached hydrogen (secondary N) is 1. The van der Waals surface area contributed by atoms with E-state index < -0.39 is 0 Å². The first-order valence-electron chi connectivity index (χ1n) is 13.1. The van der Waals surface area contributed by atoms with E-state index in [1.165, 1.54) is 7.11 Å². The molecule has 206 valence electrons. The molecule has 10 nitrogen and oxygen atoms in total. The fourth-order valence-electron chi connectivity index (χ4n) is 4.58. The number of carbonyl (C=O) groups excluding carboxylic acids is 2. The number of hydrogen-bond donors (Lipinski definition) is 2. The second-order valence-corrected chi connectivity index (χ2v) is 9.73. The Bertz CT molecular complexity index is 1520. The second kappa shape index (κ2) is 12.0. The lowest BCUT2D eigenvalue weighted by atomic mass is 10.1. The molecule has 0 aliphatic carbocycles. The topological polar surface area (TPSA) is 123 Å². The molecule has 1 saturated heterocycles. The molecule has 0 bridgehead atoms. The van der Waals surface area contributed by atoms with Gasteiger partial charge in [-0.1, -0.05) is 24.3 Å². The quantitative estimate of drug-likeness (QED) is 0.324. The third-order valence-electron chi connectivity index (χ3n) is 6.89. The number of carbonyl (C=O) groups is 2. The molecule has 3 N–H and O–H groups in total. The summed E-state index contributed by atoms with van der Waals surface area (Å²) in [5.41, 5.74) is 9.48. The van der Waals surface area contributed by atoms with E-state index in [2.05, 4.69) is 32.1 Å². The molecule has 5 rings (SSSR count). The number of nitrogens with two attached hydrogens (primary N) is 1. The highest BCUT2D eigenvalue weighted by Crippen LogP contribution is 2.26. The molecule has 10 heteroatoms. The maximum Gasteiger partial charge on any atom is 0.337 e. The van der Waals surface area contributed by atoms with Gasteiger partial charge in [0.2, 0.25) is 5.95 Å². The van der Waals surface area contributed by atoms with Crippen molar-refractivity contribution >= 4 is 34.5 Å². The highest BCUT2D eigenvalue weighted by Gasteiger charge is 2.19. The molecule has 0 spiro atoms. The molecule has 4 aromatic rings. The predicted molar refractivity (Wildman–Crippen MR) is 153 cm³/mol. The van der Waals surface area contributed by atoms with Crippen molar-refractivity contribution in [2.24, 2.45) is 0 Å². The number of amides is 1. The third kappa shape index (κ3) is 6.29. The summed E-state index contributed by atoms with van der Waals surface area (Å²) in [4.78, 5) is 38.0.